The van der Waals surface area contributed by atoms with E-state index in [9.17, 15) is 0 Å². The molecule has 0 saturated carbocycles. The molecule has 2 aromatic rings. The monoisotopic (exact) mass is 399 g/mol. The van der Waals surface area contributed by atoms with Gasteiger partial charge < -0.3 is 10.6 Å². The van der Waals surface area contributed by atoms with E-state index in [0.29, 0.717) is 30.4 Å². The third kappa shape index (κ3) is 4.64. The molecule has 0 aliphatic carbocycles. The van der Waals surface area contributed by atoms with E-state index in [2.05, 4.69) is 37.5 Å². The summed E-state index contributed by atoms with van der Waals surface area (Å²) in [5, 5.41) is 0. The van der Waals surface area contributed by atoms with E-state index in [1.54, 1.807) is 18.6 Å². The smallest absolute Gasteiger partial charge is 0.225 e. The van der Waals surface area contributed by atoms with Crippen LogP contribution >= 0.6 is 34.8 Å². The Labute approximate surface area is 136 Å². The topological polar surface area (TPSA) is 67.9 Å². The van der Waals surface area contributed by atoms with E-state index in [4.69, 9.17) is 18.0 Å². The lowest BCUT2D eigenvalue weighted by Gasteiger charge is -2.22. The zero-order valence-corrected chi connectivity index (χ0v) is 13.7. The summed E-state index contributed by atoms with van der Waals surface area (Å²) < 4.78 is 1.00. The molecular formula is C13H14IN5S. The second-order valence-corrected chi connectivity index (χ2v) is 5.97. The fourth-order valence-electron chi connectivity index (χ4n) is 1.68. The lowest BCUT2D eigenvalue weighted by molar-refractivity contribution is 0.768. The first-order valence-electron chi connectivity index (χ1n) is 6.05. The molecule has 0 unspecified atom stereocenters. The zero-order chi connectivity index (χ0) is 14.4. The van der Waals surface area contributed by atoms with E-state index < -0.39 is 0 Å². The van der Waals surface area contributed by atoms with Gasteiger partial charge >= 0.3 is 0 Å². The quantitative estimate of drug-likeness (QED) is 0.593. The van der Waals surface area contributed by atoms with Crippen molar-refractivity contribution in [2.45, 2.75) is 13.0 Å². The highest BCUT2D eigenvalue weighted by molar-refractivity contribution is 14.1. The van der Waals surface area contributed by atoms with Gasteiger partial charge in [-0.15, -0.1) is 0 Å². The summed E-state index contributed by atoms with van der Waals surface area (Å²) in [7, 11) is 0. The Kier molecular flexibility index (Phi) is 5.60. The SMILES string of the molecule is NC(=S)CCN(Cc1cccnc1)c1ncc(I)cn1. The highest BCUT2D eigenvalue weighted by Gasteiger charge is 2.10. The van der Waals surface area contributed by atoms with Gasteiger partial charge in [-0.1, -0.05) is 18.3 Å². The van der Waals surface area contributed by atoms with Gasteiger partial charge in [0.1, 0.15) is 0 Å². The first kappa shape index (κ1) is 15.0. The third-order valence-electron chi connectivity index (χ3n) is 2.61. The van der Waals surface area contributed by atoms with Gasteiger partial charge in [-0.3, -0.25) is 4.98 Å². The van der Waals surface area contributed by atoms with Gasteiger partial charge in [0.15, 0.2) is 0 Å². The molecule has 0 atom stereocenters. The van der Waals surface area contributed by atoms with Gasteiger partial charge in [-0.25, -0.2) is 9.97 Å². The summed E-state index contributed by atoms with van der Waals surface area (Å²) in [5.41, 5.74) is 6.68. The molecule has 0 aliphatic heterocycles. The van der Waals surface area contributed by atoms with E-state index in [-0.39, 0.29) is 0 Å². The predicted molar refractivity (Wildman–Crippen MR) is 91.4 cm³/mol. The molecule has 0 bridgehead atoms. The number of nitrogens with zero attached hydrogens (tertiary/aromatic N) is 4. The van der Waals surface area contributed by atoms with E-state index in [0.717, 1.165) is 9.13 Å². The molecule has 0 amide bonds. The van der Waals surface area contributed by atoms with Crippen LogP contribution in [0.15, 0.2) is 36.9 Å². The van der Waals surface area contributed by atoms with Gasteiger partial charge in [0, 0.05) is 47.9 Å². The second kappa shape index (κ2) is 7.44. The molecule has 7 heteroatoms. The summed E-state index contributed by atoms with van der Waals surface area (Å²) in [6.45, 7) is 1.36. The largest absolute Gasteiger partial charge is 0.393 e. The molecule has 0 aliphatic rings. The first-order valence-corrected chi connectivity index (χ1v) is 7.53. The molecule has 2 N–H and O–H groups in total. The van der Waals surface area contributed by atoms with E-state index in [1.165, 1.54) is 0 Å². The maximum absolute atomic E-state index is 5.59. The molecular weight excluding hydrogens is 385 g/mol. The fourth-order valence-corrected chi connectivity index (χ4v) is 2.05. The summed E-state index contributed by atoms with van der Waals surface area (Å²) in [6, 6.07) is 3.93. The standard InChI is InChI=1S/C13H14IN5S/c14-11-7-17-13(18-8-11)19(5-3-12(15)20)9-10-2-1-4-16-6-10/h1-2,4,6-8H,3,5,9H2,(H2,15,20). The van der Waals surface area contributed by atoms with Crippen molar-refractivity contribution in [1.29, 1.82) is 0 Å². The number of hydrogen-bond donors (Lipinski definition) is 1. The number of hydrogen-bond acceptors (Lipinski definition) is 5. The zero-order valence-electron chi connectivity index (χ0n) is 10.7. The van der Waals surface area contributed by atoms with Crippen molar-refractivity contribution < 1.29 is 0 Å². The molecule has 0 saturated heterocycles. The summed E-state index contributed by atoms with van der Waals surface area (Å²) in [6.07, 6.45) is 7.80. The Morgan fingerprint density at radius 1 is 1.30 bits per heavy atom. The fraction of sp³-hybridized carbons (Fsp3) is 0.231. The Bertz CT molecular complexity index is 561. The van der Waals surface area contributed by atoms with Crippen molar-refractivity contribution in [3.8, 4) is 0 Å². The van der Waals surface area contributed by atoms with E-state index in [1.807, 2.05) is 23.2 Å². The van der Waals surface area contributed by atoms with Crippen molar-refractivity contribution >= 4 is 45.7 Å². The Morgan fingerprint density at radius 2 is 2.05 bits per heavy atom. The van der Waals surface area contributed by atoms with Crippen LogP contribution in [0.4, 0.5) is 5.95 Å². The van der Waals surface area contributed by atoms with Crippen molar-refractivity contribution in [2.24, 2.45) is 5.73 Å². The highest BCUT2D eigenvalue weighted by atomic mass is 127. The Morgan fingerprint density at radius 3 is 2.65 bits per heavy atom. The highest BCUT2D eigenvalue weighted by Crippen LogP contribution is 2.13. The molecule has 20 heavy (non-hydrogen) atoms. The molecule has 5 nitrogen and oxygen atoms in total. The molecule has 0 radical (unpaired) electrons. The Balaban J connectivity index is 2.15. The van der Waals surface area contributed by atoms with Crippen molar-refractivity contribution in [1.82, 2.24) is 15.0 Å². The predicted octanol–water partition coefficient (Wildman–Crippen LogP) is 2.16. The van der Waals surface area contributed by atoms with Crippen molar-refractivity contribution in [3.63, 3.8) is 0 Å². The minimum Gasteiger partial charge on any atom is -0.393 e. The lowest BCUT2D eigenvalue weighted by atomic mass is 10.2. The van der Waals surface area contributed by atoms with Gasteiger partial charge in [0.05, 0.1) is 4.99 Å². The number of rotatable bonds is 6. The van der Waals surface area contributed by atoms with Crippen LogP contribution in [-0.4, -0.2) is 26.5 Å². The number of pyridine rings is 1. The molecule has 0 fully saturated rings. The normalized spacial score (nSPS) is 10.2. The van der Waals surface area contributed by atoms with Crippen LogP contribution < -0.4 is 10.6 Å². The van der Waals surface area contributed by atoms with Gasteiger partial charge in [0.25, 0.3) is 0 Å². The molecule has 2 rings (SSSR count). The van der Waals surface area contributed by atoms with Gasteiger partial charge in [-0.05, 0) is 34.2 Å². The molecule has 0 aromatic carbocycles. The third-order valence-corrected chi connectivity index (χ3v) is 3.38. The van der Waals surface area contributed by atoms with Crippen LogP contribution in [-0.2, 0) is 6.54 Å². The van der Waals surface area contributed by atoms with Crippen LogP contribution in [0.25, 0.3) is 0 Å². The molecule has 2 heterocycles. The van der Waals surface area contributed by atoms with Crippen LogP contribution in [0.1, 0.15) is 12.0 Å². The minimum absolute atomic E-state index is 0.492. The van der Waals surface area contributed by atoms with Gasteiger partial charge in [0.2, 0.25) is 5.95 Å². The van der Waals surface area contributed by atoms with E-state index >= 15 is 0 Å². The maximum atomic E-state index is 5.59. The minimum atomic E-state index is 0.492. The number of aromatic nitrogens is 3. The second-order valence-electron chi connectivity index (χ2n) is 4.20. The van der Waals surface area contributed by atoms with Crippen LogP contribution in [0.2, 0.25) is 0 Å². The molecule has 104 valence electrons. The van der Waals surface area contributed by atoms with Crippen LogP contribution in [0.5, 0.6) is 0 Å². The number of anilines is 1. The summed E-state index contributed by atoms with van der Waals surface area (Å²) in [4.78, 5) is 15.4. The Hall–Kier alpha value is -1.35. The van der Waals surface area contributed by atoms with Crippen molar-refractivity contribution in [3.05, 3.63) is 46.1 Å². The average molecular weight is 399 g/mol. The summed E-state index contributed by atoms with van der Waals surface area (Å²) in [5.74, 6) is 0.672. The van der Waals surface area contributed by atoms with Crippen molar-refractivity contribution in [2.75, 3.05) is 11.4 Å². The molecule has 2 aromatic heterocycles. The lowest BCUT2D eigenvalue weighted by Crippen LogP contribution is -2.28. The van der Waals surface area contributed by atoms with Crippen LogP contribution in [0.3, 0.4) is 0 Å². The summed E-state index contributed by atoms with van der Waals surface area (Å²) >= 11 is 7.13. The maximum Gasteiger partial charge on any atom is 0.225 e. The number of thiocarbonyl (C=S) groups is 1. The van der Waals surface area contributed by atoms with Gasteiger partial charge in [-0.2, -0.15) is 0 Å². The van der Waals surface area contributed by atoms with Crippen LogP contribution in [0, 0.1) is 3.57 Å². The number of halogens is 1. The average Bonchev–Trinajstić information content (AvgIpc) is 2.45. The molecule has 0 spiro atoms. The number of nitrogens with two attached hydrogens (primary N) is 1. The first-order chi connectivity index (χ1) is 9.65.